The summed E-state index contributed by atoms with van der Waals surface area (Å²) < 4.78 is 0.959. The Hall–Kier alpha value is -1.09. The summed E-state index contributed by atoms with van der Waals surface area (Å²) in [6.45, 7) is 3.99. The minimum atomic E-state index is 0.0808. The van der Waals surface area contributed by atoms with Gasteiger partial charge in [-0.2, -0.15) is 0 Å². The molecule has 1 aromatic carbocycles. The summed E-state index contributed by atoms with van der Waals surface area (Å²) in [4.78, 5) is 15.0. The van der Waals surface area contributed by atoms with Gasteiger partial charge in [-0.3, -0.25) is 4.79 Å². The fourth-order valence-corrected chi connectivity index (χ4v) is 2.30. The van der Waals surface area contributed by atoms with Crippen LogP contribution in [-0.2, 0) is 6.42 Å². The summed E-state index contributed by atoms with van der Waals surface area (Å²) in [5, 5.41) is 0.756. The Balaban J connectivity index is 2.96. The highest BCUT2D eigenvalue weighted by Crippen LogP contribution is 2.21. The molecule has 0 spiro atoms. The van der Waals surface area contributed by atoms with Crippen molar-refractivity contribution in [1.82, 2.24) is 4.98 Å². The number of hydrogen-bond acceptors (Lipinski definition) is 1. The lowest BCUT2D eigenvalue weighted by Gasteiger charge is -2.06. The fourth-order valence-electron chi connectivity index (χ4n) is 1.79. The lowest BCUT2D eigenvalue weighted by molar-refractivity contribution is 1.13. The third kappa shape index (κ3) is 1.84. The summed E-state index contributed by atoms with van der Waals surface area (Å²) in [6, 6.07) is 5.55. The predicted molar refractivity (Wildman–Crippen MR) is 66.4 cm³/mol. The van der Waals surface area contributed by atoms with Crippen molar-refractivity contribution in [2.45, 2.75) is 20.3 Å². The number of H-pyrrole nitrogens is 1. The molecule has 0 atom stereocenters. The van der Waals surface area contributed by atoms with E-state index in [0.717, 1.165) is 27.5 Å². The predicted octanol–water partition coefficient (Wildman–Crippen LogP) is 3.16. The van der Waals surface area contributed by atoms with Gasteiger partial charge in [-0.25, -0.2) is 0 Å². The van der Waals surface area contributed by atoms with Crippen LogP contribution in [0.2, 0.25) is 0 Å². The standard InChI is InChI=1S/C12H12BrNO/c1-3-8-5-9(13)6-10-11(15)4-7(2)14-12(8)10/h4-6H,3H2,1-2H3,(H,14,15). The zero-order valence-electron chi connectivity index (χ0n) is 8.73. The van der Waals surface area contributed by atoms with Gasteiger partial charge in [0.2, 0.25) is 0 Å². The fraction of sp³-hybridized carbons (Fsp3) is 0.250. The maximum Gasteiger partial charge on any atom is 0.189 e. The third-order valence-electron chi connectivity index (χ3n) is 2.50. The number of hydrogen-bond donors (Lipinski definition) is 1. The number of pyridine rings is 1. The van der Waals surface area contributed by atoms with Crippen molar-refractivity contribution in [3.05, 3.63) is 44.2 Å². The average Bonchev–Trinajstić information content (AvgIpc) is 2.18. The number of aromatic amines is 1. The number of halogens is 1. The SMILES string of the molecule is CCc1cc(Br)cc2c(=O)cc(C)[nH]c12. The van der Waals surface area contributed by atoms with Gasteiger partial charge in [-0.15, -0.1) is 0 Å². The van der Waals surface area contributed by atoms with Crippen molar-refractivity contribution in [3.63, 3.8) is 0 Å². The summed E-state index contributed by atoms with van der Waals surface area (Å²) in [6.07, 6.45) is 0.912. The molecular weight excluding hydrogens is 254 g/mol. The molecule has 0 saturated carbocycles. The van der Waals surface area contributed by atoms with Crippen molar-refractivity contribution in [1.29, 1.82) is 0 Å². The highest BCUT2D eigenvalue weighted by atomic mass is 79.9. The van der Waals surface area contributed by atoms with Gasteiger partial charge >= 0.3 is 0 Å². The van der Waals surface area contributed by atoms with Gasteiger partial charge < -0.3 is 4.98 Å². The van der Waals surface area contributed by atoms with Crippen LogP contribution in [0.15, 0.2) is 27.5 Å². The molecule has 1 N–H and O–H groups in total. The Bertz CT molecular complexity index is 572. The van der Waals surface area contributed by atoms with E-state index in [-0.39, 0.29) is 5.43 Å². The van der Waals surface area contributed by atoms with Crippen LogP contribution in [0.4, 0.5) is 0 Å². The maximum absolute atomic E-state index is 11.8. The molecule has 2 aromatic rings. The molecule has 0 aliphatic rings. The lowest BCUT2D eigenvalue weighted by Crippen LogP contribution is -2.04. The van der Waals surface area contributed by atoms with Crippen LogP contribution < -0.4 is 5.43 Å². The van der Waals surface area contributed by atoms with Crippen LogP contribution in [0.1, 0.15) is 18.2 Å². The van der Waals surface area contributed by atoms with E-state index in [1.165, 1.54) is 5.56 Å². The van der Waals surface area contributed by atoms with E-state index in [0.29, 0.717) is 0 Å². The van der Waals surface area contributed by atoms with E-state index in [2.05, 4.69) is 33.9 Å². The first kappa shape index (κ1) is 10.4. The molecule has 0 saturated heterocycles. The maximum atomic E-state index is 11.8. The largest absolute Gasteiger partial charge is 0.358 e. The van der Waals surface area contributed by atoms with Crippen molar-refractivity contribution in [3.8, 4) is 0 Å². The first-order valence-electron chi connectivity index (χ1n) is 4.94. The lowest BCUT2D eigenvalue weighted by atomic mass is 10.1. The minimum absolute atomic E-state index is 0.0808. The monoisotopic (exact) mass is 265 g/mol. The quantitative estimate of drug-likeness (QED) is 0.844. The molecule has 0 fully saturated rings. The minimum Gasteiger partial charge on any atom is -0.358 e. The molecule has 0 aliphatic carbocycles. The van der Waals surface area contributed by atoms with Gasteiger partial charge in [-0.05, 0) is 31.0 Å². The molecule has 3 heteroatoms. The zero-order chi connectivity index (χ0) is 11.0. The summed E-state index contributed by atoms with van der Waals surface area (Å²) in [5.74, 6) is 0. The number of fused-ring (bicyclic) bond motifs is 1. The van der Waals surface area contributed by atoms with Crippen LogP contribution in [0.25, 0.3) is 10.9 Å². The van der Waals surface area contributed by atoms with Gasteiger partial charge in [0.15, 0.2) is 5.43 Å². The van der Waals surface area contributed by atoms with E-state index in [9.17, 15) is 4.79 Å². The smallest absolute Gasteiger partial charge is 0.189 e. The molecule has 0 radical (unpaired) electrons. The van der Waals surface area contributed by atoms with Gasteiger partial charge in [0, 0.05) is 21.6 Å². The van der Waals surface area contributed by atoms with E-state index >= 15 is 0 Å². The number of nitrogens with one attached hydrogen (secondary N) is 1. The molecule has 2 nitrogen and oxygen atoms in total. The van der Waals surface area contributed by atoms with E-state index in [1.54, 1.807) is 6.07 Å². The van der Waals surface area contributed by atoms with Crippen LogP contribution in [-0.4, -0.2) is 4.98 Å². The second kappa shape index (κ2) is 3.81. The van der Waals surface area contributed by atoms with Crippen molar-refractivity contribution >= 4 is 26.8 Å². The van der Waals surface area contributed by atoms with E-state index in [4.69, 9.17) is 0 Å². The molecule has 0 unspecified atom stereocenters. The van der Waals surface area contributed by atoms with Crippen molar-refractivity contribution < 1.29 is 0 Å². The molecule has 1 aromatic heterocycles. The molecule has 15 heavy (non-hydrogen) atoms. The summed E-state index contributed by atoms with van der Waals surface area (Å²) in [7, 11) is 0. The number of rotatable bonds is 1. The Kier molecular flexibility index (Phi) is 2.65. The zero-order valence-corrected chi connectivity index (χ0v) is 10.3. The van der Waals surface area contributed by atoms with Gasteiger partial charge in [0.25, 0.3) is 0 Å². The van der Waals surface area contributed by atoms with E-state index < -0.39 is 0 Å². The Morgan fingerprint density at radius 2 is 2.07 bits per heavy atom. The van der Waals surface area contributed by atoms with Gasteiger partial charge in [-0.1, -0.05) is 22.9 Å². The Morgan fingerprint density at radius 3 is 2.73 bits per heavy atom. The van der Waals surface area contributed by atoms with Gasteiger partial charge in [0.05, 0.1) is 5.52 Å². The third-order valence-corrected chi connectivity index (χ3v) is 2.96. The van der Waals surface area contributed by atoms with Crippen LogP contribution in [0.3, 0.4) is 0 Å². The van der Waals surface area contributed by atoms with E-state index in [1.807, 2.05) is 13.0 Å². The number of aromatic nitrogens is 1. The van der Waals surface area contributed by atoms with Crippen LogP contribution in [0.5, 0.6) is 0 Å². The molecule has 0 aliphatic heterocycles. The molecule has 2 rings (SSSR count). The topological polar surface area (TPSA) is 32.9 Å². The Morgan fingerprint density at radius 1 is 1.33 bits per heavy atom. The van der Waals surface area contributed by atoms with Crippen molar-refractivity contribution in [2.75, 3.05) is 0 Å². The highest BCUT2D eigenvalue weighted by molar-refractivity contribution is 9.10. The van der Waals surface area contributed by atoms with Gasteiger partial charge in [0.1, 0.15) is 0 Å². The summed E-state index contributed by atoms with van der Waals surface area (Å²) in [5.41, 5.74) is 3.12. The van der Waals surface area contributed by atoms with Crippen molar-refractivity contribution in [2.24, 2.45) is 0 Å². The number of benzene rings is 1. The first-order chi connectivity index (χ1) is 7.11. The first-order valence-corrected chi connectivity index (χ1v) is 5.73. The average molecular weight is 266 g/mol. The Labute approximate surface area is 96.5 Å². The van der Waals surface area contributed by atoms with Crippen LogP contribution in [0, 0.1) is 6.92 Å². The second-order valence-electron chi connectivity index (χ2n) is 3.66. The molecule has 1 heterocycles. The highest BCUT2D eigenvalue weighted by Gasteiger charge is 2.05. The molecule has 0 bridgehead atoms. The molecular formula is C12H12BrNO. The molecule has 0 amide bonds. The summed E-state index contributed by atoms with van der Waals surface area (Å²) >= 11 is 3.42. The second-order valence-corrected chi connectivity index (χ2v) is 4.57. The molecule has 78 valence electrons. The number of aryl methyl sites for hydroxylation is 2. The van der Waals surface area contributed by atoms with Crippen LogP contribution >= 0.6 is 15.9 Å². The normalized spacial score (nSPS) is 10.9.